The number of benzene rings is 1. The number of carbonyl (C=O) groups is 2. The fraction of sp³-hybridized carbons (Fsp3) is 0.526. The second kappa shape index (κ2) is 8.14. The lowest BCUT2D eigenvalue weighted by Gasteiger charge is -2.18. The van der Waals surface area contributed by atoms with Crippen molar-refractivity contribution in [2.75, 3.05) is 11.4 Å². The molecule has 0 atom stereocenters. The van der Waals surface area contributed by atoms with Crippen LogP contribution in [-0.2, 0) is 9.53 Å². The average Bonchev–Trinajstić information content (AvgIpc) is 2.80. The Bertz CT molecular complexity index is 662. The lowest BCUT2D eigenvalue weighted by molar-refractivity contribution is -0.112. The number of nitrogens with zero attached hydrogens (tertiary/aromatic N) is 2. The van der Waals surface area contributed by atoms with Crippen LogP contribution in [0.2, 0.25) is 0 Å². The first kappa shape index (κ1) is 19.0. The smallest absolute Gasteiger partial charge is 0.428 e. The van der Waals surface area contributed by atoms with E-state index in [0.717, 1.165) is 36.9 Å². The predicted molar refractivity (Wildman–Crippen MR) is 98.8 cm³/mol. The third-order valence-electron chi connectivity index (χ3n) is 3.79. The Morgan fingerprint density at radius 3 is 2.60 bits per heavy atom. The molecule has 0 fully saturated rings. The lowest BCUT2D eigenvalue weighted by Crippen LogP contribution is -2.34. The quantitative estimate of drug-likeness (QED) is 0.629. The van der Waals surface area contributed by atoms with E-state index in [9.17, 15) is 9.59 Å². The molecular formula is C19H27N3O3. The number of hydrazone groups is 1. The molecule has 0 aliphatic carbocycles. The van der Waals surface area contributed by atoms with E-state index >= 15 is 0 Å². The summed E-state index contributed by atoms with van der Waals surface area (Å²) in [5.41, 5.74) is 3.53. The Labute approximate surface area is 149 Å². The van der Waals surface area contributed by atoms with E-state index in [0.29, 0.717) is 6.54 Å². The molecule has 0 bridgehead atoms. The number of unbranched alkanes of at least 4 members (excludes halogenated alkanes) is 3. The summed E-state index contributed by atoms with van der Waals surface area (Å²) in [5.74, 6) is -0.186. The number of carbonyl (C=O) groups excluding carboxylic acids is 2. The molecule has 0 radical (unpaired) electrons. The first-order chi connectivity index (χ1) is 11.8. The van der Waals surface area contributed by atoms with Crippen LogP contribution < -0.4 is 10.3 Å². The van der Waals surface area contributed by atoms with Crippen molar-refractivity contribution >= 4 is 23.4 Å². The molecule has 2 rings (SSSR count). The van der Waals surface area contributed by atoms with Gasteiger partial charge in [0.1, 0.15) is 5.60 Å². The van der Waals surface area contributed by atoms with Crippen LogP contribution in [-0.4, -0.2) is 29.9 Å². The third kappa shape index (κ3) is 5.05. The van der Waals surface area contributed by atoms with Gasteiger partial charge in [-0.25, -0.2) is 10.2 Å². The van der Waals surface area contributed by atoms with Crippen LogP contribution in [0.5, 0.6) is 0 Å². The van der Waals surface area contributed by atoms with Gasteiger partial charge >= 0.3 is 6.09 Å². The van der Waals surface area contributed by atoms with E-state index in [1.807, 2.05) is 24.3 Å². The van der Waals surface area contributed by atoms with Crippen LogP contribution >= 0.6 is 0 Å². The monoisotopic (exact) mass is 345 g/mol. The molecule has 6 heteroatoms. The molecule has 0 aromatic heterocycles. The van der Waals surface area contributed by atoms with E-state index in [2.05, 4.69) is 17.5 Å². The van der Waals surface area contributed by atoms with Gasteiger partial charge in [-0.1, -0.05) is 44.4 Å². The number of amides is 2. The number of hydrogen-bond acceptors (Lipinski definition) is 4. The van der Waals surface area contributed by atoms with E-state index in [4.69, 9.17) is 4.74 Å². The molecule has 1 N–H and O–H groups in total. The summed E-state index contributed by atoms with van der Waals surface area (Å²) in [6, 6.07) is 7.50. The van der Waals surface area contributed by atoms with Crippen LogP contribution in [0.3, 0.4) is 0 Å². The van der Waals surface area contributed by atoms with Crippen molar-refractivity contribution in [1.82, 2.24) is 5.43 Å². The van der Waals surface area contributed by atoms with Gasteiger partial charge in [0.15, 0.2) is 5.71 Å². The van der Waals surface area contributed by atoms with Crippen molar-refractivity contribution in [3.05, 3.63) is 29.8 Å². The number of rotatable bonds is 6. The Morgan fingerprint density at radius 1 is 1.20 bits per heavy atom. The molecule has 0 saturated heterocycles. The number of ether oxygens (including phenoxy) is 1. The van der Waals surface area contributed by atoms with Crippen molar-refractivity contribution in [1.29, 1.82) is 0 Å². The number of fused-ring (bicyclic) bond motifs is 1. The molecule has 1 aromatic carbocycles. The van der Waals surface area contributed by atoms with E-state index in [-0.39, 0.29) is 11.6 Å². The Hall–Kier alpha value is -2.37. The van der Waals surface area contributed by atoms with Gasteiger partial charge in [0.2, 0.25) is 0 Å². The molecule has 1 aromatic rings. The zero-order chi connectivity index (χ0) is 18.4. The van der Waals surface area contributed by atoms with Crippen molar-refractivity contribution < 1.29 is 14.3 Å². The molecule has 2 amide bonds. The van der Waals surface area contributed by atoms with Crippen LogP contribution in [0.25, 0.3) is 0 Å². The summed E-state index contributed by atoms with van der Waals surface area (Å²) in [6.45, 7) is 8.13. The summed E-state index contributed by atoms with van der Waals surface area (Å²) in [5, 5.41) is 4.03. The predicted octanol–water partition coefficient (Wildman–Crippen LogP) is 3.84. The summed E-state index contributed by atoms with van der Waals surface area (Å²) in [6.07, 6.45) is 3.67. The van der Waals surface area contributed by atoms with Gasteiger partial charge < -0.3 is 9.64 Å². The molecule has 1 aliphatic rings. The maximum absolute atomic E-state index is 12.7. The first-order valence-corrected chi connectivity index (χ1v) is 8.81. The highest BCUT2D eigenvalue weighted by molar-refractivity contribution is 6.54. The van der Waals surface area contributed by atoms with E-state index in [1.54, 1.807) is 25.7 Å². The number of hydrogen-bond donors (Lipinski definition) is 1. The molecular weight excluding hydrogens is 318 g/mol. The minimum absolute atomic E-state index is 0.186. The fourth-order valence-corrected chi connectivity index (χ4v) is 2.69. The Morgan fingerprint density at radius 2 is 1.92 bits per heavy atom. The second-order valence-electron chi connectivity index (χ2n) is 7.11. The van der Waals surface area contributed by atoms with Crippen LogP contribution in [0, 0.1) is 0 Å². The fourth-order valence-electron chi connectivity index (χ4n) is 2.69. The molecule has 25 heavy (non-hydrogen) atoms. The maximum atomic E-state index is 12.7. The minimum atomic E-state index is -0.674. The summed E-state index contributed by atoms with van der Waals surface area (Å²) < 4.78 is 5.16. The van der Waals surface area contributed by atoms with Gasteiger partial charge in [0, 0.05) is 12.1 Å². The highest BCUT2D eigenvalue weighted by atomic mass is 16.6. The van der Waals surface area contributed by atoms with Crippen molar-refractivity contribution in [2.45, 2.75) is 59.0 Å². The zero-order valence-electron chi connectivity index (χ0n) is 15.5. The standard InChI is InChI=1S/C19H27N3O3/c1-5-6-7-10-13-22-15-12-9-8-11-14(15)16(17(22)23)20-21-18(24)25-19(2,3)4/h8-9,11-12H,5-7,10,13H2,1-4H3,(H,21,24)/b20-16+. The van der Waals surface area contributed by atoms with Gasteiger partial charge in [0.05, 0.1) is 5.69 Å². The lowest BCUT2D eigenvalue weighted by atomic mass is 10.1. The molecule has 136 valence electrons. The van der Waals surface area contributed by atoms with Gasteiger partial charge in [0.25, 0.3) is 5.91 Å². The highest BCUT2D eigenvalue weighted by Crippen LogP contribution is 2.29. The van der Waals surface area contributed by atoms with Gasteiger partial charge in [-0.15, -0.1) is 0 Å². The normalized spacial score (nSPS) is 15.4. The third-order valence-corrected chi connectivity index (χ3v) is 3.79. The Kier molecular flexibility index (Phi) is 6.17. The van der Waals surface area contributed by atoms with Crippen LogP contribution in [0.4, 0.5) is 10.5 Å². The van der Waals surface area contributed by atoms with Gasteiger partial charge in [-0.05, 0) is 33.3 Å². The zero-order valence-corrected chi connectivity index (χ0v) is 15.5. The first-order valence-electron chi connectivity index (χ1n) is 8.81. The van der Waals surface area contributed by atoms with Crippen LogP contribution in [0.15, 0.2) is 29.4 Å². The average molecular weight is 345 g/mol. The highest BCUT2D eigenvalue weighted by Gasteiger charge is 2.33. The SMILES string of the molecule is CCCCCCN1C(=O)/C(=N/NC(=O)OC(C)(C)C)c2ccccc21. The van der Waals surface area contributed by atoms with Gasteiger partial charge in [-0.3, -0.25) is 4.79 Å². The topological polar surface area (TPSA) is 71.0 Å². The van der Waals surface area contributed by atoms with Gasteiger partial charge in [-0.2, -0.15) is 5.10 Å². The number of para-hydroxylation sites is 1. The van der Waals surface area contributed by atoms with Crippen LogP contribution in [0.1, 0.15) is 58.9 Å². The van der Waals surface area contributed by atoms with Crippen molar-refractivity contribution in [3.8, 4) is 0 Å². The van der Waals surface area contributed by atoms with Crippen molar-refractivity contribution in [3.63, 3.8) is 0 Å². The Balaban J connectivity index is 2.12. The summed E-state index contributed by atoms with van der Waals surface area (Å²) in [7, 11) is 0. The summed E-state index contributed by atoms with van der Waals surface area (Å²) in [4.78, 5) is 26.3. The van der Waals surface area contributed by atoms with E-state index in [1.165, 1.54) is 0 Å². The number of nitrogens with one attached hydrogen (secondary N) is 1. The molecule has 6 nitrogen and oxygen atoms in total. The molecule has 0 saturated carbocycles. The minimum Gasteiger partial charge on any atom is -0.443 e. The largest absolute Gasteiger partial charge is 0.443 e. The van der Waals surface area contributed by atoms with Crippen molar-refractivity contribution in [2.24, 2.45) is 5.10 Å². The van der Waals surface area contributed by atoms with E-state index < -0.39 is 11.7 Å². The number of anilines is 1. The summed E-state index contributed by atoms with van der Waals surface area (Å²) >= 11 is 0. The molecule has 0 spiro atoms. The molecule has 1 aliphatic heterocycles. The molecule has 1 heterocycles. The maximum Gasteiger partial charge on any atom is 0.428 e. The molecule has 0 unspecified atom stereocenters. The second-order valence-corrected chi connectivity index (χ2v) is 7.11.